The van der Waals surface area contributed by atoms with E-state index in [2.05, 4.69) is 48.3 Å². The summed E-state index contributed by atoms with van der Waals surface area (Å²) < 4.78 is 0. The van der Waals surface area contributed by atoms with Crippen molar-refractivity contribution in [2.45, 2.75) is 51.6 Å². The summed E-state index contributed by atoms with van der Waals surface area (Å²) in [6.07, 6.45) is 4.10. The molecule has 0 aromatic heterocycles. The summed E-state index contributed by atoms with van der Waals surface area (Å²) >= 11 is 0. The molecule has 1 amide bonds. The molecule has 110 valence electrons. The SMILES string of the molecule is CCCNC1CCCN(C(CC)c2ccccc2)C1=O. The number of hydrogen-bond donors (Lipinski definition) is 1. The van der Waals surface area contributed by atoms with Crippen LogP contribution < -0.4 is 5.32 Å². The van der Waals surface area contributed by atoms with Crippen molar-refractivity contribution >= 4 is 5.91 Å². The number of likely N-dealkylation sites (tertiary alicyclic amines) is 1. The molecule has 1 aliphatic rings. The molecule has 1 aliphatic heterocycles. The van der Waals surface area contributed by atoms with Crippen molar-refractivity contribution in [2.24, 2.45) is 0 Å². The summed E-state index contributed by atoms with van der Waals surface area (Å²) in [5.41, 5.74) is 1.25. The molecule has 0 radical (unpaired) electrons. The van der Waals surface area contributed by atoms with Crippen LogP contribution in [-0.2, 0) is 4.79 Å². The molecular weight excluding hydrogens is 248 g/mol. The Kier molecular flexibility index (Phi) is 5.60. The van der Waals surface area contributed by atoms with Crippen molar-refractivity contribution in [3.63, 3.8) is 0 Å². The Labute approximate surface area is 122 Å². The second-order valence-corrected chi connectivity index (χ2v) is 5.52. The molecule has 2 unspecified atom stereocenters. The van der Waals surface area contributed by atoms with Crippen LogP contribution in [0.15, 0.2) is 30.3 Å². The highest BCUT2D eigenvalue weighted by Crippen LogP contribution is 2.28. The van der Waals surface area contributed by atoms with E-state index in [1.165, 1.54) is 5.56 Å². The smallest absolute Gasteiger partial charge is 0.240 e. The number of carbonyl (C=O) groups is 1. The van der Waals surface area contributed by atoms with Crippen molar-refractivity contribution in [2.75, 3.05) is 13.1 Å². The monoisotopic (exact) mass is 274 g/mol. The van der Waals surface area contributed by atoms with Gasteiger partial charge in [0.25, 0.3) is 0 Å². The number of nitrogens with one attached hydrogen (secondary N) is 1. The van der Waals surface area contributed by atoms with Gasteiger partial charge in [-0.2, -0.15) is 0 Å². The first-order valence-corrected chi connectivity index (χ1v) is 7.86. The summed E-state index contributed by atoms with van der Waals surface area (Å²) in [4.78, 5) is 14.7. The number of hydrogen-bond acceptors (Lipinski definition) is 2. The van der Waals surface area contributed by atoms with Gasteiger partial charge in [0.05, 0.1) is 12.1 Å². The van der Waals surface area contributed by atoms with Crippen LogP contribution >= 0.6 is 0 Å². The van der Waals surface area contributed by atoms with E-state index < -0.39 is 0 Å². The Balaban J connectivity index is 2.11. The quantitative estimate of drug-likeness (QED) is 0.864. The molecule has 2 rings (SSSR count). The average molecular weight is 274 g/mol. The molecule has 1 fully saturated rings. The molecule has 0 aliphatic carbocycles. The van der Waals surface area contributed by atoms with Crippen LogP contribution in [-0.4, -0.2) is 29.9 Å². The maximum absolute atomic E-state index is 12.7. The Morgan fingerprint density at radius 3 is 2.70 bits per heavy atom. The second-order valence-electron chi connectivity index (χ2n) is 5.52. The molecule has 1 heterocycles. The molecule has 0 saturated carbocycles. The van der Waals surface area contributed by atoms with E-state index in [0.29, 0.717) is 0 Å². The van der Waals surface area contributed by atoms with E-state index in [-0.39, 0.29) is 18.0 Å². The van der Waals surface area contributed by atoms with Crippen molar-refractivity contribution < 1.29 is 4.79 Å². The van der Waals surface area contributed by atoms with Crippen LogP contribution in [0, 0.1) is 0 Å². The number of amides is 1. The van der Waals surface area contributed by atoms with Crippen LogP contribution in [0.1, 0.15) is 51.1 Å². The molecule has 0 bridgehead atoms. The first-order valence-electron chi connectivity index (χ1n) is 7.86. The number of rotatable bonds is 6. The molecule has 2 atom stereocenters. The molecule has 1 aromatic rings. The third kappa shape index (κ3) is 3.40. The largest absolute Gasteiger partial charge is 0.334 e. The Morgan fingerprint density at radius 1 is 1.30 bits per heavy atom. The maximum atomic E-state index is 12.7. The molecule has 1 aromatic carbocycles. The number of benzene rings is 1. The maximum Gasteiger partial charge on any atom is 0.240 e. The predicted octanol–water partition coefficient (Wildman–Crippen LogP) is 3.13. The highest BCUT2D eigenvalue weighted by Gasteiger charge is 2.32. The lowest BCUT2D eigenvalue weighted by Gasteiger charge is -2.38. The fourth-order valence-corrected chi connectivity index (χ4v) is 3.03. The summed E-state index contributed by atoms with van der Waals surface area (Å²) in [6.45, 7) is 6.10. The van der Waals surface area contributed by atoms with E-state index in [0.717, 1.165) is 38.8 Å². The first-order chi connectivity index (χ1) is 9.77. The molecule has 1 saturated heterocycles. The lowest BCUT2D eigenvalue weighted by atomic mass is 9.97. The van der Waals surface area contributed by atoms with Crippen molar-refractivity contribution in [1.82, 2.24) is 10.2 Å². The summed E-state index contributed by atoms with van der Waals surface area (Å²) in [5, 5.41) is 3.39. The van der Waals surface area contributed by atoms with Crippen LogP contribution in [0.4, 0.5) is 0 Å². The summed E-state index contributed by atoms with van der Waals surface area (Å²) in [7, 11) is 0. The van der Waals surface area contributed by atoms with Crippen molar-refractivity contribution in [1.29, 1.82) is 0 Å². The fourth-order valence-electron chi connectivity index (χ4n) is 3.03. The minimum absolute atomic E-state index is 0.0152. The van der Waals surface area contributed by atoms with Gasteiger partial charge in [-0.15, -0.1) is 0 Å². The highest BCUT2D eigenvalue weighted by atomic mass is 16.2. The van der Waals surface area contributed by atoms with Gasteiger partial charge in [-0.05, 0) is 37.8 Å². The highest BCUT2D eigenvalue weighted by molar-refractivity contribution is 5.83. The van der Waals surface area contributed by atoms with Gasteiger partial charge in [-0.25, -0.2) is 0 Å². The zero-order valence-electron chi connectivity index (χ0n) is 12.6. The van der Waals surface area contributed by atoms with Crippen LogP contribution in [0.3, 0.4) is 0 Å². The zero-order chi connectivity index (χ0) is 14.4. The lowest BCUT2D eigenvalue weighted by molar-refractivity contribution is -0.138. The minimum atomic E-state index is 0.0152. The van der Waals surface area contributed by atoms with Gasteiger partial charge in [0.1, 0.15) is 0 Å². The Hall–Kier alpha value is -1.35. The number of nitrogens with zero attached hydrogens (tertiary/aromatic N) is 1. The van der Waals surface area contributed by atoms with Gasteiger partial charge in [-0.3, -0.25) is 4.79 Å². The fraction of sp³-hybridized carbons (Fsp3) is 0.588. The van der Waals surface area contributed by atoms with E-state index in [4.69, 9.17) is 0 Å². The molecule has 3 heteroatoms. The first kappa shape index (κ1) is 15.0. The molecule has 20 heavy (non-hydrogen) atoms. The van der Waals surface area contributed by atoms with E-state index in [9.17, 15) is 4.79 Å². The van der Waals surface area contributed by atoms with Crippen LogP contribution in [0.25, 0.3) is 0 Å². The lowest BCUT2D eigenvalue weighted by Crippen LogP contribution is -2.51. The van der Waals surface area contributed by atoms with E-state index >= 15 is 0 Å². The Morgan fingerprint density at radius 2 is 2.05 bits per heavy atom. The van der Waals surface area contributed by atoms with Crippen LogP contribution in [0.5, 0.6) is 0 Å². The summed E-state index contributed by atoms with van der Waals surface area (Å²) in [6, 6.07) is 10.6. The Bertz CT molecular complexity index is 418. The molecule has 0 spiro atoms. The van der Waals surface area contributed by atoms with Gasteiger partial charge in [0.2, 0.25) is 5.91 Å². The third-order valence-corrected chi connectivity index (χ3v) is 4.06. The predicted molar refractivity (Wildman–Crippen MR) is 82.5 cm³/mol. The second kappa shape index (κ2) is 7.44. The number of piperidine rings is 1. The van der Waals surface area contributed by atoms with Gasteiger partial charge in [0, 0.05) is 6.54 Å². The normalized spacial score (nSPS) is 21.0. The van der Waals surface area contributed by atoms with Crippen molar-refractivity contribution in [3.8, 4) is 0 Å². The average Bonchev–Trinajstić information content (AvgIpc) is 2.49. The van der Waals surface area contributed by atoms with E-state index in [1.54, 1.807) is 0 Å². The molecule has 1 N–H and O–H groups in total. The standard InChI is InChI=1S/C17H26N2O/c1-3-12-18-15-11-8-13-19(17(15)20)16(4-2)14-9-6-5-7-10-14/h5-7,9-10,15-16,18H,3-4,8,11-13H2,1-2H3. The number of carbonyl (C=O) groups excluding carboxylic acids is 1. The third-order valence-electron chi connectivity index (χ3n) is 4.06. The van der Waals surface area contributed by atoms with Gasteiger partial charge in [-0.1, -0.05) is 44.2 Å². The molecular formula is C17H26N2O. The minimum Gasteiger partial charge on any atom is -0.334 e. The zero-order valence-corrected chi connectivity index (χ0v) is 12.6. The van der Waals surface area contributed by atoms with Crippen molar-refractivity contribution in [3.05, 3.63) is 35.9 Å². The van der Waals surface area contributed by atoms with Crippen LogP contribution in [0.2, 0.25) is 0 Å². The van der Waals surface area contributed by atoms with Gasteiger partial charge in [0.15, 0.2) is 0 Å². The van der Waals surface area contributed by atoms with Gasteiger partial charge < -0.3 is 10.2 Å². The van der Waals surface area contributed by atoms with E-state index in [1.807, 2.05) is 6.07 Å². The molecule has 3 nitrogen and oxygen atoms in total. The summed E-state index contributed by atoms with van der Waals surface area (Å²) in [5.74, 6) is 0.278. The topological polar surface area (TPSA) is 32.3 Å². The van der Waals surface area contributed by atoms with Gasteiger partial charge >= 0.3 is 0 Å².